The minimum atomic E-state index is 0.102. The van der Waals surface area contributed by atoms with Crippen LogP contribution in [-0.4, -0.2) is 25.9 Å². The molecule has 3 N–H and O–H groups in total. The predicted molar refractivity (Wildman–Crippen MR) is 81.2 cm³/mol. The molecule has 5 heteroatoms. The first-order valence-electron chi connectivity index (χ1n) is 6.56. The summed E-state index contributed by atoms with van der Waals surface area (Å²) in [6.07, 6.45) is 1.87. The number of nitrogens with one attached hydrogen (secondary N) is 1. The van der Waals surface area contributed by atoms with Crippen LogP contribution in [0.25, 0.3) is 0 Å². The van der Waals surface area contributed by atoms with Crippen LogP contribution in [0.4, 0.5) is 0 Å². The standard InChI is InChI=1S/C14H23BrN2O2/c1-4-13(19-5-2)12(17-16)9-10-6-7-14(18-3)11(15)8-10/h6-8,12-13,17H,4-5,9,16H2,1-3H3. The van der Waals surface area contributed by atoms with Crippen LogP contribution in [0.5, 0.6) is 5.75 Å². The van der Waals surface area contributed by atoms with Gasteiger partial charge in [0.15, 0.2) is 0 Å². The fourth-order valence-electron chi connectivity index (χ4n) is 2.12. The molecule has 0 aliphatic heterocycles. The Kier molecular flexibility index (Phi) is 7.38. The highest BCUT2D eigenvalue weighted by molar-refractivity contribution is 9.10. The van der Waals surface area contributed by atoms with Crippen molar-refractivity contribution in [1.82, 2.24) is 5.43 Å². The lowest BCUT2D eigenvalue weighted by Crippen LogP contribution is -2.46. The summed E-state index contributed by atoms with van der Waals surface area (Å²) in [7, 11) is 1.66. The second-order valence-electron chi connectivity index (χ2n) is 4.35. The Bertz CT molecular complexity index is 388. The molecule has 0 spiro atoms. The van der Waals surface area contributed by atoms with E-state index in [4.69, 9.17) is 15.3 Å². The molecule has 19 heavy (non-hydrogen) atoms. The fraction of sp³-hybridized carbons (Fsp3) is 0.571. The summed E-state index contributed by atoms with van der Waals surface area (Å²) in [4.78, 5) is 0. The highest BCUT2D eigenvalue weighted by atomic mass is 79.9. The van der Waals surface area contributed by atoms with Crippen molar-refractivity contribution < 1.29 is 9.47 Å². The quantitative estimate of drug-likeness (QED) is 0.568. The van der Waals surface area contributed by atoms with Crippen molar-refractivity contribution in [2.75, 3.05) is 13.7 Å². The molecule has 0 heterocycles. The van der Waals surface area contributed by atoms with Gasteiger partial charge in [-0.15, -0.1) is 0 Å². The Morgan fingerprint density at radius 3 is 2.58 bits per heavy atom. The molecule has 108 valence electrons. The van der Waals surface area contributed by atoms with Crippen LogP contribution in [-0.2, 0) is 11.2 Å². The predicted octanol–water partition coefficient (Wildman–Crippen LogP) is 2.65. The van der Waals surface area contributed by atoms with Gasteiger partial charge in [-0.2, -0.15) is 0 Å². The third kappa shape index (κ3) is 4.76. The van der Waals surface area contributed by atoms with Crippen molar-refractivity contribution in [3.8, 4) is 5.75 Å². The molecule has 2 unspecified atom stereocenters. The molecule has 0 aliphatic rings. The Balaban J connectivity index is 2.77. The zero-order chi connectivity index (χ0) is 14.3. The van der Waals surface area contributed by atoms with E-state index in [0.717, 1.165) is 23.1 Å². The molecule has 1 aromatic carbocycles. The summed E-state index contributed by atoms with van der Waals surface area (Å²) in [6, 6.07) is 6.16. The fourth-order valence-corrected chi connectivity index (χ4v) is 2.71. The van der Waals surface area contributed by atoms with E-state index < -0.39 is 0 Å². The van der Waals surface area contributed by atoms with E-state index in [1.165, 1.54) is 5.56 Å². The van der Waals surface area contributed by atoms with Crippen LogP contribution >= 0.6 is 15.9 Å². The van der Waals surface area contributed by atoms with Gasteiger partial charge in [-0.25, -0.2) is 0 Å². The highest BCUT2D eigenvalue weighted by Gasteiger charge is 2.19. The van der Waals surface area contributed by atoms with Crippen LogP contribution < -0.4 is 16.0 Å². The van der Waals surface area contributed by atoms with Gasteiger partial charge in [0, 0.05) is 6.61 Å². The lowest BCUT2D eigenvalue weighted by molar-refractivity contribution is 0.0319. The summed E-state index contributed by atoms with van der Waals surface area (Å²) in [5.74, 6) is 6.49. The van der Waals surface area contributed by atoms with Crippen molar-refractivity contribution >= 4 is 15.9 Å². The van der Waals surface area contributed by atoms with Gasteiger partial charge >= 0.3 is 0 Å². The zero-order valence-corrected chi connectivity index (χ0v) is 13.4. The molecule has 0 aliphatic carbocycles. The van der Waals surface area contributed by atoms with E-state index in [0.29, 0.717) is 6.61 Å². The zero-order valence-electron chi connectivity index (χ0n) is 11.8. The Morgan fingerprint density at radius 2 is 2.11 bits per heavy atom. The molecule has 0 saturated heterocycles. The maximum absolute atomic E-state index is 5.71. The van der Waals surface area contributed by atoms with Crippen molar-refractivity contribution in [2.45, 2.75) is 38.8 Å². The molecular formula is C14H23BrN2O2. The number of hydrogen-bond donors (Lipinski definition) is 2. The average molecular weight is 331 g/mol. The second-order valence-corrected chi connectivity index (χ2v) is 5.20. The number of ether oxygens (including phenoxy) is 2. The largest absolute Gasteiger partial charge is 0.496 e. The van der Waals surface area contributed by atoms with Gasteiger partial charge in [0.2, 0.25) is 0 Å². The topological polar surface area (TPSA) is 56.5 Å². The van der Waals surface area contributed by atoms with Crippen LogP contribution in [0.3, 0.4) is 0 Å². The SMILES string of the molecule is CCOC(CC)C(Cc1ccc(OC)c(Br)c1)NN. The van der Waals surface area contributed by atoms with Crippen LogP contribution in [0, 0.1) is 0 Å². The number of hydrazine groups is 1. The van der Waals surface area contributed by atoms with Gasteiger partial charge < -0.3 is 9.47 Å². The number of hydrogen-bond acceptors (Lipinski definition) is 4. The molecule has 0 aromatic heterocycles. The van der Waals surface area contributed by atoms with Gasteiger partial charge in [-0.05, 0) is 53.4 Å². The maximum atomic E-state index is 5.71. The molecular weight excluding hydrogens is 308 g/mol. The number of halogens is 1. The summed E-state index contributed by atoms with van der Waals surface area (Å²) in [6.45, 7) is 4.80. The molecule has 0 fully saturated rings. The molecule has 1 aromatic rings. The van der Waals surface area contributed by atoms with E-state index in [-0.39, 0.29) is 12.1 Å². The van der Waals surface area contributed by atoms with Gasteiger partial charge in [-0.1, -0.05) is 13.0 Å². The molecule has 0 amide bonds. The Morgan fingerprint density at radius 1 is 1.37 bits per heavy atom. The lowest BCUT2D eigenvalue weighted by Gasteiger charge is -2.25. The molecule has 2 atom stereocenters. The maximum Gasteiger partial charge on any atom is 0.133 e. The number of benzene rings is 1. The number of nitrogens with two attached hydrogens (primary N) is 1. The summed E-state index contributed by atoms with van der Waals surface area (Å²) in [5, 5.41) is 0. The molecule has 4 nitrogen and oxygen atoms in total. The van der Waals surface area contributed by atoms with Crippen LogP contribution in [0.15, 0.2) is 22.7 Å². The lowest BCUT2D eigenvalue weighted by atomic mass is 10.00. The van der Waals surface area contributed by atoms with Crippen LogP contribution in [0.1, 0.15) is 25.8 Å². The monoisotopic (exact) mass is 330 g/mol. The summed E-state index contributed by atoms with van der Waals surface area (Å²) < 4.78 is 11.9. The van der Waals surface area contributed by atoms with Crippen LogP contribution in [0.2, 0.25) is 0 Å². The first-order valence-corrected chi connectivity index (χ1v) is 7.35. The highest BCUT2D eigenvalue weighted by Crippen LogP contribution is 2.26. The minimum absolute atomic E-state index is 0.102. The van der Waals surface area contributed by atoms with Crippen molar-refractivity contribution in [3.05, 3.63) is 28.2 Å². The molecule has 1 rings (SSSR count). The van der Waals surface area contributed by atoms with E-state index >= 15 is 0 Å². The Labute approximate surface area is 123 Å². The Hall–Kier alpha value is -0.620. The second kappa shape index (κ2) is 8.53. The average Bonchev–Trinajstić information content (AvgIpc) is 2.42. The third-order valence-electron chi connectivity index (χ3n) is 3.12. The van der Waals surface area contributed by atoms with Crippen molar-refractivity contribution in [3.63, 3.8) is 0 Å². The van der Waals surface area contributed by atoms with E-state index in [1.807, 2.05) is 19.1 Å². The van der Waals surface area contributed by atoms with E-state index in [2.05, 4.69) is 34.3 Å². The van der Waals surface area contributed by atoms with Crippen molar-refractivity contribution in [2.24, 2.45) is 5.84 Å². The van der Waals surface area contributed by atoms with Gasteiger partial charge in [0.05, 0.1) is 23.7 Å². The molecule has 0 radical (unpaired) electrons. The number of methoxy groups -OCH3 is 1. The first-order chi connectivity index (χ1) is 9.15. The first kappa shape index (κ1) is 16.4. The van der Waals surface area contributed by atoms with Crippen molar-refractivity contribution in [1.29, 1.82) is 0 Å². The van der Waals surface area contributed by atoms with E-state index in [9.17, 15) is 0 Å². The molecule has 0 saturated carbocycles. The van der Waals surface area contributed by atoms with Gasteiger partial charge in [0.25, 0.3) is 0 Å². The summed E-state index contributed by atoms with van der Waals surface area (Å²) >= 11 is 3.50. The summed E-state index contributed by atoms with van der Waals surface area (Å²) in [5.41, 5.74) is 4.05. The van der Waals surface area contributed by atoms with E-state index in [1.54, 1.807) is 7.11 Å². The normalized spacial score (nSPS) is 14.2. The van der Waals surface area contributed by atoms with Gasteiger partial charge in [-0.3, -0.25) is 11.3 Å². The molecule has 0 bridgehead atoms. The minimum Gasteiger partial charge on any atom is -0.496 e. The smallest absolute Gasteiger partial charge is 0.133 e. The van der Waals surface area contributed by atoms with Gasteiger partial charge in [0.1, 0.15) is 5.75 Å². The number of rotatable bonds is 8. The third-order valence-corrected chi connectivity index (χ3v) is 3.74.